The summed E-state index contributed by atoms with van der Waals surface area (Å²) < 4.78 is 37.8. The second-order valence-electron chi connectivity index (χ2n) is 5.31. The highest BCUT2D eigenvalue weighted by Gasteiger charge is 2.30. The molecule has 0 atom stereocenters. The summed E-state index contributed by atoms with van der Waals surface area (Å²) in [6.45, 7) is 1.80. The van der Waals surface area contributed by atoms with Crippen LogP contribution in [0.1, 0.15) is 20.2 Å². The molecule has 0 saturated carbocycles. The van der Waals surface area contributed by atoms with Crippen LogP contribution in [0.15, 0.2) is 54.6 Å². The van der Waals surface area contributed by atoms with E-state index in [0.717, 1.165) is 22.7 Å². The molecule has 0 aliphatic heterocycles. The van der Waals surface area contributed by atoms with Crippen LogP contribution < -0.4 is 5.32 Å². The summed E-state index contributed by atoms with van der Waals surface area (Å²) in [5.74, 6) is -0.399. The number of nitrogens with zero attached hydrogens (tertiary/aromatic N) is 1. The number of benzene rings is 2. The highest BCUT2D eigenvalue weighted by Crippen LogP contribution is 2.31. The minimum atomic E-state index is -4.40. The number of nitrogens with one attached hydrogen (secondary N) is 1. The largest absolute Gasteiger partial charge is 0.416 e. The molecule has 0 aliphatic carbocycles. The van der Waals surface area contributed by atoms with E-state index in [0.29, 0.717) is 16.3 Å². The van der Waals surface area contributed by atoms with Gasteiger partial charge in [0.2, 0.25) is 0 Å². The average molecular weight is 362 g/mol. The van der Waals surface area contributed by atoms with Gasteiger partial charge in [0.25, 0.3) is 5.91 Å². The second kappa shape index (κ2) is 6.68. The van der Waals surface area contributed by atoms with Crippen molar-refractivity contribution in [1.82, 2.24) is 4.98 Å². The van der Waals surface area contributed by atoms with Gasteiger partial charge >= 0.3 is 6.18 Å². The number of anilines is 1. The number of carbonyl (C=O) groups excluding carboxylic acids is 1. The van der Waals surface area contributed by atoms with Crippen LogP contribution in [0.25, 0.3) is 11.3 Å². The number of halogens is 3. The van der Waals surface area contributed by atoms with Gasteiger partial charge in [0.05, 0.1) is 16.3 Å². The van der Waals surface area contributed by atoms with E-state index in [1.54, 1.807) is 6.92 Å². The lowest BCUT2D eigenvalue weighted by Gasteiger charge is -2.09. The molecular weight excluding hydrogens is 349 g/mol. The number of rotatable bonds is 3. The first-order valence-corrected chi connectivity index (χ1v) is 8.18. The predicted octanol–water partition coefficient (Wildman–Crippen LogP) is 5.39. The Hall–Kier alpha value is -2.67. The van der Waals surface area contributed by atoms with E-state index in [-0.39, 0.29) is 0 Å². The van der Waals surface area contributed by atoms with Crippen molar-refractivity contribution in [2.75, 3.05) is 5.32 Å². The van der Waals surface area contributed by atoms with Crippen LogP contribution in [-0.2, 0) is 6.18 Å². The zero-order chi connectivity index (χ0) is 18.0. The molecule has 1 aromatic heterocycles. The summed E-state index contributed by atoms with van der Waals surface area (Å²) in [5.41, 5.74) is 0.907. The van der Waals surface area contributed by atoms with E-state index in [4.69, 9.17) is 0 Å². The molecule has 0 bridgehead atoms. The zero-order valence-electron chi connectivity index (χ0n) is 13.1. The van der Waals surface area contributed by atoms with Crippen LogP contribution in [0.2, 0.25) is 0 Å². The van der Waals surface area contributed by atoms with Crippen molar-refractivity contribution in [3.8, 4) is 11.3 Å². The van der Waals surface area contributed by atoms with Crippen molar-refractivity contribution >= 4 is 22.9 Å². The van der Waals surface area contributed by atoms with Crippen LogP contribution in [0.5, 0.6) is 0 Å². The molecule has 3 aromatic rings. The van der Waals surface area contributed by atoms with Crippen LogP contribution in [0, 0.1) is 6.92 Å². The van der Waals surface area contributed by atoms with Crippen molar-refractivity contribution in [2.24, 2.45) is 0 Å². The second-order valence-corrected chi connectivity index (χ2v) is 6.51. The number of hydrogen-bond donors (Lipinski definition) is 1. The molecule has 25 heavy (non-hydrogen) atoms. The van der Waals surface area contributed by atoms with Gasteiger partial charge in [0.15, 0.2) is 0 Å². The van der Waals surface area contributed by atoms with Gasteiger partial charge in [-0.25, -0.2) is 4.98 Å². The van der Waals surface area contributed by atoms with Crippen LogP contribution >= 0.6 is 11.3 Å². The van der Waals surface area contributed by atoms with Gasteiger partial charge < -0.3 is 5.32 Å². The molecule has 2 aromatic carbocycles. The first-order chi connectivity index (χ1) is 11.8. The number of alkyl halides is 3. The average Bonchev–Trinajstić information content (AvgIpc) is 2.97. The smallest absolute Gasteiger partial charge is 0.321 e. The Kier molecular flexibility index (Phi) is 4.59. The van der Waals surface area contributed by atoms with E-state index < -0.39 is 17.6 Å². The fraction of sp³-hybridized carbons (Fsp3) is 0.111. The maximum absolute atomic E-state index is 12.6. The van der Waals surface area contributed by atoms with E-state index in [2.05, 4.69) is 10.3 Å². The predicted molar refractivity (Wildman–Crippen MR) is 91.7 cm³/mol. The first kappa shape index (κ1) is 17.2. The molecule has 0 unspecified atom stereocenters. The molecule has 0 aliphatic rings. The van der Waals surface area contributed by atoms with Crippen molar-refractivity contribution < 1.29 is 18.0 Å². The van der Waals surface area contributed by atoms with E-state index >= 15 is 0 Å². The molecule has 1 amide bonds. The molecular formula is C18H13F3N2OS. The van der Waals surface area contributed by atoms with Crippen LogP contribution in [0.4, 0.5) is 18.9 Å². The van der Waals surface area contributed by atoms with Crippen molar-refractivity contribution in [1.29, 1.82) is 0 Å². The number of carbonyl (C=O) groups is 1. The Morgan fingerprint density at radius 2 is 1.68 bits per heavy atom. The fourth-order valence-electron chi connectivity index (χ4n) is 2.30. The van der Waals surface area contributed by atoms with Gasteiger partial charge in [-0.3, -0.25) is 4.79 Å². The fourth-order valence-corrected chi connectivity index (χ4v) is 3.14. The summed E-state index contributed by atoms with van der Waals surface area (Å²) in [4.78, 5) is 17.4. The van der Waals surface area contributed by atoms with Gasteiger partial charge in [0.1, 0.15) is 4.88 Å². The highest BCUT2D eigenvalue weighted by molar-refractivity contribution is 7.14. The molecule has 0 spiro atoms. The molecule has 1 heterocycles. The molecule has 0 saturated heterocycles. The number of amides is 1. The Balaban J connectivity index is 1.85. The number of thiazole rings is 1. The number of aromatic nitrogens is 1. The monoisotopic (exact) mass is 362 g/mol. The molecule has 3 nitrogen and oxygen atoms in total. The third kappa shape index (κ3) is 3.88. The minimum absolute atomic E-state index is 0.295. The van der Waals surface area contributed by atoms with Crippen molar-refractivity contribution in [3.63, 3.8) is 0 Å². The minimum Gasteiger partial charge on any atom is -0.321 e. The Bertz CT molecular complexity index is 887. The standard InChI is InChI=1S/C18H13F3N2OS/c1-11-22-15(12-5-3-2-4-6-12)16(25-11)17(24)23-14-9-7-13(8-10-14)18(19,20)21/h2-10H,1H3,(H,23,24). The maximum Gasteiger partial charge on any atom is 0.416 e. The summed E-state index contributed by atoms with van der Waals surface area (Å²) >= 11 is 1.24. The van der Waals surface area contributed by atoms with Gasteiger partial charge in [-0.05, 0) is 31.2 Å². The zero-order valence-corrected chi connectivity index (χ0v) is 13.9. The first-order valence-electron chi connectivity index (χ1n) is 7.36. The third-order valence-electron chi connectivity index (χ3n) is 3.46. The van der Waals surface area contributed by atoms with Gasteiger partial charge in [-0.1, -0.05) is 30.3 Å². The number of aryl methyl sites for hydroxylation is 1. The molecule has 128 valence electrons. The topological polar surface area (TPSA) is 42.0 Å². The van der Waals surface area contributed by atoms with E-state index in [1.165, 1.54) is 23.5 Å². The summed E-state index contributed by atoms with van der Waals surface area (Å²) in [7, 11) is 0. The van der Waals surface area contributed by atoms with E-state index in [9.17, 15) is 18.0 Å². The number of hydrogen-bond acceptors (Lipinski definition) is 3. The molecule has 0 radical (unpaired) electrons. The van der Waals surface area contributed by atoms with Gasteiger partial charge in [-0.2, -0.15) is 13.2 Å². The Morgan fingerprint density at radius 1 is 1.04 bits per heavy atom. The highest BCUT2D eigenvalue weighted by atomic mass is 32.1. The van der Waals surface area contributed by atoms with Crippen molar-refractivity contribution in [3.05, 3.63) is 70.0 Å². The molecule has 7 heteroatoms. The quantitative estimate of drug-likeness (QED) is 0.679. The summed E-state index contributed by atoms with van der Waals surface area (Å²) in [6.07, 6.45) is -4.40. The SMILES string of the molecule is Cc1nc(-c2ccccc2)c(C(=O)Nc2ccc(C(F)(F)F)cc2)s1. The van der Waals surface area contributed by atoms with Gasteiger partial charge in [0, 0.05) is 11.3 Å². The molecule has 3 rings (SSSR count). The molecule has 0 fully saturated rings. The molecule has 1 N–H and O–H groups in total. The van der Waals surface area contributed by atoms with E-state index in [1.807, 2.05) is 30.3 Å². The summed E-state index contributed by atoms with van der Waals surface area (Å²) in [6, 6.07) is 13.6. The van der Waals surface area contributed by atoms with Crippen molar-refractivity contribution in [2.45, 2.75) is 13.1 Å². The lowest BCUT2D eigenvalue weighted by atomic mass is 10.1. The lowest BCUT2D eigenvalue weighted by Crippen LogP contribution is -2.12. The van der Waals surface area contributed by atoms with Crippen LogP contribution in [0.3, 0.4) is 0 Å². The lowest BCUT2D eigenvalue weighted by molar-refractivity contribution is -0.137. The normalized spacial score (nSPS) is 11.4. The summed E-state index contributed by atoms with van der Waals surface area (Å²) in [5, 5.41) is 3.36. The van der Waals surface area contributed by atoms with Gasteiger partial charge in [-0.15, -0.1) is 11.3 Å². The van der Waals surface area contributed by atoms with Crippen LogP contribution in [-0.4, -0.2) is 10.9 Å². The maximum atomic E-state index is 12.6. The Labute approximate surface area is 146 Å². The third-order valence-corrected chi connectivity index (χ3v) is 4.43. The Morgan fingerprint density at radius 3 is 2.28 bits per heavy atom.